The molecule has 0 aliphatic carbocycles. The first-order chi connectivity index (χ1) is 7.70. The number of hydrogen-bond donors (Lipinski definition) is 1. The third kappa shape index (κ3) is 2.44. The Morgan fingerprint density at radius 3 is 2.94 bits per heavy atom. The molecule has 0 spiro atoms. The Kier molecular flexibility index (Phi) is 3.61. The Morgan fingerprint density at radius 2 is 2.38 bits per heavy atom. The highest BCUT2D eigenvalue weighted by atomic mass is 15.2. The molecule has 1 aromatic rings. The average Bonchev–Trinajstić information content (AvgIpc) is 2.82. The third-order valence-electron chi connectivity index (χ3n) is 3.67. The molecule has 1 aliphatic rings. The zero-order valence-electron chi connectivity index (χ0n) is 10.3. The minimum absolute atomic E-state index is 0.675. The highest BCUT2D eigenvalue weighted by Gasteiger charge is 2.27. The lowest BCUT2D eigenvalue weighted by Crippen LogP contribution is -2.30. The van der Waals surface area contributed by atoms with Crippen LogP contribution in [0.5, 0.6) is 0 Å². The number of likely N-dealkylation sites (tertiary alicyclic amines) is 1. The molecular weight excluding hydrogens is 200 g/mol. The van der Waals surface area contributed by atoms with E-state index in [1.807, 2.05) is 12.4 Å². The van der Waals surface area contributed by atoms with Crippen LogP contribution >= 0.6 is 0 Å². The van der Waals surface area contributed by atoms with Gasteiger partial charge in [-0.3, -0.25) is 4.90 Å². The molecule has 0 amide bonds. The second kappa shape index (κ2) is 4.97. The molecule has 1 aromatic heterocycles. The van der Waals surface area contributed by atoms with Crippen LogP contribution in [0.2, 0.25) is 0 Å². The smallest absolute Gasteiger partial charge is 0.109 e. The summed E-state index contributed by atoms with van der Waals surface area (Å²) in [6.07, 6.45) is 6.15. The number of nitrogens with zero attached hydrogens (tertiary/aromatic N) is 3. The highest BCUT2D eigenvalue weighted by Crippen LogP contribution is 2.21. The molecule has 1 aliphatic heterocycles. The van der Waals surface area contributed by atoms with Crippen LogP contribution in [0.4, 0.5) is 0 Å². The summed E-state index contributed by atoms with van der Waals surface area (Å²) in [5.41, 5.74) is 5.73. The first-order valence-electron chi connectivity index (χ1n) is 6.11. The van der Waals surface area contributed by atoms with E-state index >= 15 is 0 Å². The monoisotopic (exact) mass is 222 g/mol. The molecule has 2 rings (SSSR count). The van der Waals surface area contributed by atoms with Gasteiger partial charge in [0.25, 0.3) is 0 Å². The minimum Gasteiger partial charge on any atom is -0.338 e. The number of rotatable bonds is 4. The molecular formula is C12H22N4. The molecule has 2 heterocycles. The van der Waals surface area contributed by atoms with Gasteiger partial charge in [0.1, 0.15) is 5.82 Å². The summed E-state index contributed by atoms with van der Waals surface area (Å²) in [6, 6.07) is 0.675. The van der Waals surface area contributed by atoms with E-state index in [9.17, 15) is 0 Å². The Bertz CT molecular complexity index is 334. The fourth-order valence-electron chi connectivity index (χ4n) is 2.58. The lowest BCUT2D eigenvalue weighted by molar-refractivity contribution is 0.265. The molecule has 4 nitrogen and oxygen atoms in total. The van der Waals surface area contributed by atoms with Gasteiger partial charge in [-0.15, -0.1) is 0 Å². The van der Waals surface area contributed by atoms with Gasteiger partial charge < -0.3 is 10.3 Å². The molecule has 4 heteroatoms. The lowest BCUT2D eigenvalue weighted by atomic mass is 10.1. The maximum Gasteiger partial charge on any atom is 0.109 e. The van der Waals surface area contributed by atoms with Gasteiger partial charge in [-0.1, -0.05) is 0 Å². The zero-order valence-corrected chi connectivity index (χ0v) is 10.3. The fraction of sp³-hybridized carbons (Fsp3) is 0.750. The van der Waals surface area contributed by atoms with E-state index in [0.29, 0.717) is 12.0 Å². The van der Waals surface area contributed by atoms with Gasteiger partial charge in [0, 0.05) is 45.0 Å². The van der Waals surface area contributed by atoms with Gasteiger partial charge in [-0.2, -0.15) is 0 Å². The van der Waals surface area contributed by atoms with Gasteiger partial charge in [0.15, 0.2) is 0 Å². The van der Waals surface area contributed by atoms with Crippen molar-refractivity contribution in [1.29, 1.82) is 0 Å². The quantitative estimate of drug-likeness (QED) is 0.813. The van der Waals surface area contributed by atoms with E-state index in [0.717, 1.165) is 26.1 Å². The van der Waals surface area contributed by atoms with Crippen LogP contribution in [0.1, 0.15) is 19.2 Å². The largest absolute Gasteiger partial charge is 0.338 e. The first-order valence-corrected chi connectivity index (χ1v) is 6.11. The van der Waals surface area contributed by atoms with Crippen LogP contribution in [-0.4, -0.2) is 40.1 Å². The molecule has 1 saturated heterocycles. The van der Waals surface area contributed by atoms with Crippen molar-refractivity contribution in [2.24, 2.45) is 18.7 Å². The van der Waals surface area contributed by atoms with E-state index in [1.165, 1.54) is 12.2 Å². The topological polar surface area (TPSA) is 47.1 Å². The van der Waals surface area contributed by atoms with Crippen molar-refractivity contribution < 1.29 is 0 Å². The summed E-state index contributed by atoms with van der Waals surface area (Å²) in [5.74, 6) is 1.86. The highest BCUT2D eigenvalue weighted by molar-refractivity contribution is 4.93. The normalized spacial score (nSPS) is 26.4. The SMILES string of the molecule is CC1CC(CN)CN1CCc1nccn1C. The van der Waals surface area contributed by atoms with Crippen LogP contribution in [0, 0.1) is 5.92 Å². The second-order valence-corrected chi connectivity index (χ2v) is 4.89. The van der Waals surface area contributed by atoms with E-state index in [1.54, 1.807) is 0 Å². The van der Waals surface area contributed by atoms with E-state index in [4.69, 9.17) is 5.73 Å². The summed E-state index contributed by atoms with van der Waals surface area (Å²) < 4.78 is 2.10. The van der Waals surface area contributed by atoms with Crippen molar-refractivity contribution in [2.45, 2.75) is 25.8 Å². The number of hydrogen-bond acceptors (Lipinski definition) is 3. The van der Waals surface area contributed by atoms with Gasteiger partial charge in [-0.25, -0.2) is 4.98 Å². The Morgan fingerprint density at radius 1 is 1.56 bits per heavy atom. The maximum atomic E-state index is 5.73. The first kappa shape index (κ1) is 11.6. The second-order valence-electron chi connectivity index (χ2n) is 4.89. The molecule has 2 unspecified atom stereocenters. The number of aromatic nitrogens is 2. The molecule has 1 fully saturated rings. The summed E-state index contributed by atoms with van der Waals surface area (Å²) in [5, 5.41) is 0. The van der Waals surface area contributed by atoms with E-state index in [-0.39, 0.29) is 0 Å². The van der Waals surface area contributed by atoms with Gasteiger partial charge in [0.05, 0.1) is 0 Å². The Hall–Kier alpha value is -0.870. The van der Waals surface area contributed by atoms with Crippen molar-refractivity contribution >= 4 is 0 Å². The lowest BCUT2D eigenvalue weighted by Gasteiger charge is -2.20. The summed E-state index contributed by atoms with van der Waals surface area (Å²) in [6.45, 7) is 5.38. The van der Waals surface area contributed by atoms with Crippen LogP contribution in [0.25, 0.3) is 0 Å². The number of nitrogens with two attached hydrogens (primary N) is 1. The summed E-state index contributed by atoms with van der Waals surface area (Å²) >= 11 is 0. The predicted octanol–water partition coefficient (Wildman–Crippen LogP) is 0.632. The summed E-state index contributed by atoms with van der Waals surface area (Å²) in [7, 11) is 2.05. The van der Waals surface area contributed by atoms with E-state index < -0.39 is 0 Å². The molecule has 0 radical (unpaired) electrons. The molecule has 90 valence electrons. The van der Waals surface area contributed by atoms with Crippen LogP contribution in [0.15, 0.2) is 12.4 Å². The Labute approximate surface area is 97.4 Å². The van der Waals surface area contributed by atoms with Gasteiger partial charge in [-0.05, 0) is 25.8 Å². The number of imidazole rings is 1. The van der Waals surface area contributed by atoms with E-state index in [2.05, 4.69) is 28.4 Å². The molecule has 0 aromatic carbocycles. The van der Waals surface area contributed by atoms with Crippen LogP contribution < -0.4 is 5.73 Å². The molecule has 16 heavy (non-hydrogen) atoms. The van der Waals surface area contributed by atoms with Gasteiger partial charge >= 0.3 is 0 Å². The van der Waals surface area contributed by atoms with Crippen molar-refractivity contribution in [1.82, 2.24) is 14.5 Å². The summed E-state index contributed by atoms with van der Waals surface area (Å²) in [4.78, 5) is 6.89. The molecule has 0 saturated carbocycles. The van der Waals surface area contributed by atoms with Crippen molar-refractivity contribution in [3.05, 3.63) is 18.2 Å². The zero-order chi connectivity index (χ0) is 11.5. The fourth-order valence-corrected chi connectivity index (χ4v) is 2.58. The molecule has 2 atom stereocenters. The molecule has 2 N–H and O–H groups in total. The standard InChI is InChI=1S/C12H22N4/c1-10-7-11(8-13)9-16(10)5-3-12-14-4-6-15(12)2/h4,6,10-11H,3,5,7-9,13H2,1-2H3. The average molecular weight is 222 g/mol. The Balaban J connectivity index is 1.85. The number of aryl methyl sites for hydroxylation is 1. The van der Waals surface area contributed by atoms with Crippen molar-refractivity contribution in [2.75, 3.05) is 19.6 Å². The van der Waals surface area contributed by atoms with Gasteiger partial charge in [0.2, 0.25) is 0 Å². The van der Waals surface area contributed by atoms with Crippen molar-refractivity contribution in [3.8, 4) is 0 Å². The van der Waals surface area contributed by atoms with Crippen LogP contribution in [0.3, 0.4) is 0 Å². The van der Waals surface area contributed by atoms with Crippen LogP contribution in [-0.2, 0) is 13.5 Å². The predicted molar refractivity (Wildman–Crippen MR) is 65.1 cm³/mol. The van der Waals surface area contributed by atoms with Crippen molar-refractivity contribution in [3.63, 3.8) is 0 Å². The third-order valence-corrected chi connectivity index (χ3v) is 3.67. The molecule has 0 bridgehead atoms. The maximum absolute atomic E-state index is 5.73. The minimum atomic E-state index is 0.675.